The first-order valence-electron chi connectivity index (χ1n) is 7.21. The molecule has 21 heavy (non-hydrogen) atoms. The molecule has 0 saturated carbocycles. The number of aromatic nitrogens is 1. The first kappa shape index (κ1) is 15.4. The van der Waals surface area contributed by atoms with Crippen molar-refractivity contribution >= 4 is 16.8 Å². The number of benzene rings is 1. The predicted octanol–water partition coefficient (Wildman–Crippen LogP) is 1.93. The largest absolute Gasteiger partial charge is 0.497 e. The molecule has 0 aliphatic carbocycles. The number of aliphatic hydroxyl groups excluding tert-OH is 1. The van der Waals surface area contributed by atoms with Crippen LogP contribution in [0.5, 0.6) is 5.75 Å². The molecule has 0 saturated heterocycles. The Morgan fingerprint density at radius 1 is 1.43 bits per heavy atom. The molecule has 114 valence electrons. The third-order valence-electron chi connectivity index (χ3n) is 3.63. The number of hydrogen-bond donors (Lipinski definition) is 2. The Hall–Kier alpha value is -2.01. The molecule has 0 spiro atoms. The number of aliphatic hydroxyl groups is 1. The van der Waals surface area contributed by atoms with Gasteiger partial charge in [-0.3, -0.25) is 4.79 Å². The van der Waals surface area contributed by atoms with Gasteiger partial charge in [0.1, 0.15) is 12.3 Å². The van der Waals surface area contributed by atoms with Crippen LogP contribution in [0, 0.1) is 0 Å². The fraction of sp³-hybridized carbons (Fsp3) is 0.438. The summed E-state index contributed by atoms with van der Waals surface area (Å²) in [7, 11) is 1.64. The molecule has 0 aliphatic heterocycles. The second-order valence-electron chi connectivity index (χ2n) is 5.05. The Labute approximate surface area is 124 Å². The number of hydrogen-bond acceptors (Lipinski definition) is 3. The van der Waals surface area contributed by atoms with Crippen LogP contribution in [0.15, 0.2) is 30.5 Å². The number of nitrogens with one attached hydrogen (secondary N) is 1. The average molecular weight is 290 g/mol. The van der Waals surface area contributed by atoms with E-state index in [1.54, 1.807) is 7.11 Å². The van der Waals surface area contributed by atoms with Gasteiger partial charge >= 0.3 is 0 Å². The van der Waals surface area contributed by atoms with Crippen LogP contribution in [0.1, 0.15) is 19.8 Å². The summed E-state index contributed by atoms with van der Waals surface area (Å²) in [4.78, 5) is 12.1. The molecule has 2 N–H and O–H groups in total. The Morgan fingerprint density at radius 3 is 2.90 bits per heavy atom. The van der Waals surface area contributed by atoms with Crippen LogP contribution in [0.25, 0.3) is 10.9 Å². The zero-order chi connectivity index (χ0) is 15.2. The number of fused-ring (bicyclic) bond motifs is 1. The summed E-state index contributed by atoms with van der Waals surface area (Å²) >= 11 is 0. The molecule has 1 heterocycles. The van der Waals surface area contributed by atoms with Gasteiger partial charge in [0.15, 0.2) is 0 Å². The molecule has 0 fully saturated rings. The lowest BCUT2D eigenvalue weighted by molar-refractivity contribution is -0.122. The van der Waals surface area contributed by atoms with E-state index in [4.69, 9.17) is 9.84 Å². The third-order valence-corrected chi connectivity index (χ3v) is 3.63. The van der Waals surface area contributed by atoms with E-state index in [0.29, 0.717) is 6.42 Å². The minimum Gasteiger partial charge on any atom is -0.497 e. The highest BCUT2D eigenvalue weighted by molar-refractivity contribution is 5.84. The monoisotopic (exact) mass is 290 g/mol. The lowest BCUT2D eigenvalue weighted by Crippen LogP contribution is -2.37. The molecular weight excluding hydrogens is 268 g/mol. The summed E-state index contributed by atoms with van der Waals surface area (Å²) in [5, 5.41) is 13.0. The Balaban J connectivity index is 2.07. The van der Waals surface area contributed by atoms with Gasteiger partial charge in [0.05, 0.1) is 7.11 Å². The lowest BCUT2D eigenvalue weighted by atomic mass is 10.1. The predicted molar refractivity (Wildman–Crippen MR) is 82.4 cm³/mol. The molecule has 0 bridgehead atoms. The number of amides is 1. The second-order valence-corrected chi connectivity index (χ2v) is 5.05. The summed E-state index contributed by atoms with van der Waals surface area (Å²) in [6.07, 6.45) is 3.30. The van der Waals surface area contributed by atoms with Gasteiger partial charge in [-0.25, -0.2) is 0 Å². The normalized spacial score (nSPS) is 12.3. The minimum absolute atomic E-state index is 0.0319. The maximum Gasteiger partial charge on any atom is 0.240 e. The standard InChI is InChI=1S/C16H22N2O3/c1-3-13(7-9-19)17-16(20)11-18-8-6-12-10-14(21-2)4-5-15(12)18/h4-6,8,10,13,19H,3,7,9,11H2,1-2H3,(H,17,20). The van der Waals surface area contributed by atoms with Crippen LogP contribution in [0.3, 0.4) is 0 Å². The molecule has 2 aromatic rings. The Bertz CT molecular complexity index is 607. The molecule has 1 amide bonds. The number of rotatable bonds is 7. The Kier molecular flexibility index (Phi) is 5.22. The highest BCUT2D eigenvalue weighted by atomic mass is 16.5. The first-order chi connectivity index (χ1) is 10.2. The molecule has 5 heteroatoms. The van der Waals surface area contributed by atoms with Crippen molar-refractivity contribution in [3.8, 4) is 5.75 Å². The number of nitrogens with zero attached hydrogens (tertiary/aromatic N) is 1. The lowest BCUT2D eigenvalue weighted by Gasteiger charge is -2.16. The fourth-order valence-corrected chi connectivity index (χ4v) is 2.41. The highest BCUT2D eigenvalue weighted by Gasteiger charge is 2.11. The smallest absolute Gasteiger partial charge is 0.240 e. The van der Waals surface area contributed by atoms with Gasteiger partial charge in [-0.05, 0) is 37.1 Å². The second kappa shape index (κ2) is 7.13. The van der Waals surface area contributed by atoms with Crippen LogP contribution in [-0.4, -0.2) is 35.3 Å². The van der Waals surface area contributed by atoms with Crippen molar-refractivity contribution in [2.75, 3.05) is 13.7 Å². The van der Waals surface area contributed by atoms with Crippen LogP contribution < -0.4 is 10.1 Å². The Morgan fingerprint density at radius 2 is 2.24 bits per heavy atom. The van der Waals surface area contributed by atoms with E-state index in [0.717, 1.165) is 23.1 Å². The first-order valence-corrected chi connectivity index (χ1v) is 7.21. The number of methoxy groups -OCH3 is 1. The van der Waals surface area contributed by atoms with Crippen molar-refractivity contribution in [1.82, 2.24) is 9.88 Å². The molecule has 2 rings (SSSR count). The van der Waals surface area contributed by atoms with Crippen molar-refractivity contribution in [1.29, 1.82) is 0 Å². The van der Waals surface area contributed by atoms with E-state index in [1.807, 2.05) is 42.0 Å². The van der Waals surface area contributed by atoms with E-state index in [2.05, 4.69) is 5.32 Å². The zero-order valence-electron chi connectivity index (χ0n) is 12.5. The van der Waals surface area contributed by atoms with Gasteiger partial charge < -0.3 is 19.7 Å². The van der Waals surface area contributed by atoms with E-state index in [-0.39, 0.29) is 25.1 Å². The van der Waals surface area contributed by atoms with Crippen molar-refractivity contribution in [3.63, 3.8) is 0 Å². The molecule has 0 aliphatic rings. The van der Waals surface area contributed by atoms with Crippen molar-refractivity contribution in [2.24, 2.45) is 0 Å². The van der Waals surface area contributed by atoms with E-state index < -0.39 is 0 Å². The maximum atomic E-state index is 12.1. The van der Waals surface area contributed by atoms with Gasteiger partial charge in [0.2, 0.25) is 5.91 Å². The van der Waals surface area contributed by atoms with Gasteiger partial charge in [0, 0.05) is 29.7 Å². The van der Waals surface area contributed by atoms with Crippen molar-refractivity contribution in [3.05, 3.63) is 30.5 Å². The summed E-state index contributed by atoms with van der Waals surface area (Å²) < 4.78 is 7.11. The van der Waals surface area contributed by atoms with Crippen LogP contribution in [-0.2, 0) is 11.3 Å². The van der Waals surface area contributed by atoms with Crippen molar-refractivity contribution in [2.45, 2.75) is 32.4 Å². The zero-order valence-corrected chi connectivity index (χ0v) is 12.5. The van der Waals surface area contributed by atoms with Gasteiger partial charge in [-0.1, -0.05) is 6.92 Å². The summed E-state index contributed by atoms with van der Waals surface area (Å²) in [5.74, 6) is 0.766. The van der Waals surface area contributed by atoms with E-state index in [9.17, 15) is 4.79 Å². The quantitative estimate of drug-likeness (QED) is 0.819. The SMILES string of the molecule is CCC(CCO)NC(=O)Cn1ccc2cc(OC)ccc21. The summed E-state index contributed by atoms with van der Waals surface area (Å²) in [6.45, 7) is 2.36. The van der Waals surface area contributed by atoms with Crippen LogP contribution in [0.2, 0.25) is 0 Å². The average Bonchev–Trinajstić information content (AvgIpc) is 2.88. The van der Waals surface area contributed by atoms with Crippen LogP contribution >= 0.6 is 0 Å². The molecule has 1 aromatic heterocycles. The number of carbonyl (C=O) groups excluding carboxylic acids is 1. The van der Waals surface area contributed by atoms with E-state index in [1.165, 1.54) is 0 Å². The molecular formula is C16H22N2O3. The number of ether oxygens (including phenoxy) is 1. The molecule has 1 unspecified atom stereocenters. The van der Waals surface area contributed by atoms with Crippen LogP contribution in [0.4, 0.5) is 0 Å². The highest BCUT2D eigenvalue weighted by Crippen LogP contribution is 2.21. The topological polar surface area (TPSA) is 63.5 Å². The maximum absolute atomic E-state index is 12.1. The van der Waals surface area contributed by atoms with E-state index >= 15 is 0 Å². The fourth-order valence-electron chi connectivity index (χ4n) is 2.41. The molecule has 5 nitrogen and oxygen atoms in total. The van der Waals surface area contributed by atoms with Gasteiger partial charge in [-0.2, -0.15) is 0 Å². The minimum atomic E-state index is -0.0383. The molecule has 1 aromatic carbocycles. The number of carbonyl (C=O) groups is 1. The summed E-state index contributed by atoms with van der Waals surface area (Å²) in [5.41, 5.74) is 1.00. The van der Waals surface area contributed by atoms with Crippen molar-refractivity contribution < 1.29 is 14.6 Å². The van der Waals surface area contributed by atoms with Gasteiger partial charge in [0.25, 0.3) is 0 Å². The summed E-state index contributed by atoms with van der Waals surface area (Å²) in [6, 6.07) is 7.79. The third kappa shape index (κ3) is 3.76. The molecule has 0 radical (unpaired) electrons. The van der Waals surface area contributed by atoms with Gasteiger partial charge in [-0.15, -0.1) is 0 Å². The molecule has 1 atom stereocenters.